The molecule has 0 saturated heterocycles. The van der Waals surface area contributed by atoms with Crippen LogP contribution in [0, 0.1) is 27.7 Å². The van der Waals surface area contributed by atoms with E-state index in [0.29, 0.717) is 17.9 Å². The van der Waals surface area contributed by atoms with E-state index < -0.39 is 15.9 Å². The summed E-state index contributed by atoms with van der Waals surface area (Å²) in [6.07, 6.45) is 5.26. The summed E-state index contributed by atoms with van der Waals surface area (Å²) in [7, 11) is -1.76. The minimum atomic E-state index is -3.43. The normalized spacial score (nSPS) is 11.5. The van der Waals surface area contributed by atoms with Crippen molar-refractivity contribution in [2.75, 3.05) is 29.5 Å². The van der Waals surface area contributed by atoms with Crippen LogP contribution < -0.4 is 19.7 Å². The van der Waals surface area contributed by atoms with Crippen LogP contribution in [0.3, 0.4) is 0 Å². The molecule has 0 radical (unpaired) electrons. The molecule has 0 fully saturated rings. The van der Waals surface area contributed by atoms with E-state index in [1.807, 2.05) is 51.1 Å². The minimum absolute atomic E-state index is 0.176. The van der Waals surface area contributed by atoms with Crippen LogP contribution >= 0.6 is 0 Å². The Morgan fingerprint density at radius 1 is 1.02 bits per heavy atom. The first-order chi connectivity index (χ1) is 20.3. The standard InChI is InChI=1S/C32H35N5O5S/c1-20-10-13-27(23(4)26(20)19-42-28-9-7-8-25-21(2)16-22(3)35-32(25)28)37(5)31(39)18-34-30(38)15-12-24-11-14-29(33-17-24)36-43(6,40)41/h7-17H,18-19H2,1-6H3,(H,33,36)(H,34,38). The van der Waals surface area contributed by atoms with Gasteiger partial charge < -0.3 is 15.0 Å². The molecule has 0 atom stereocenters. The second-order valence-corrected chi connectivity index (χ2v) is 12.1. The zero-order chi connectivity index (χ0) is 31.3. The minimum Gasteiger partial charge on any atom is -0.487 e. The number of fused-ring (bicyclic) bond motifs is 1. The molecule has 0 aliphatic carbocycles. The summed E-state index contributed by atoms with van der Waals surface area (Å²) in [5, 5.41) is 3.65. The Labute approximate surface area is 251 Å². The van der Waals surface area contributed by atoms with E-state index in [0.717, 1.165) is 50.8 Å². The van der Waals surface area contributed by atoms with Gasteiger partial charge in [0, 0.05) is 36.1 Å². The summed E-state index contributed by atoms with van der Waals surface area (Å²) < 4.78 is 31.1. The van der Waals surface area contributed by atoms with E-state index in [1.165, 1.54) is 29.3 Å². The molecule has 2 amide bonds. The van der Waals surface area contributed by atoms with Crippen molar-refractivity contribution in [2.24, 2.45) is 0 Å². The quantitative estimate of drug-likeness (QED) is 0.254. The maximum Gasteiger partial charge on any atom is 0.246 e. The van der Waals surface area contributed by atoms with E-state index in [4.69, 9.17) is 9.72 Å². The number of aromatic nitrogens is 2. The fourth-order valence-corrected chi connectivity index (χ4v) is 5.19. The highest BCUT2D eigenvalue weighted by molar-refractivity contribution is 7.92. The molecule has 2 aromatic carbocycles. The molecule has 0 aliphatic rings. The Bertz CT molecular complexity index is 1820. The van der Waals surface area contributed by atoms with Gasteiger partial charge >= 0.3 is 0 Å². The molecule has 11 heteroatoms. The van der Waals surface area contributed by atoms with Crippen molar-refractivity contribution in [3.8, 4) is 5.75 Å². The Balaban J connectivity index is 1.39. The van der Waals surface area contributed by atoms with Crippen molar-refractivity contribution in [2.45, 2.75) is 34.3 Å². The zero-order valence-electron chi connectivity index (χ0n) is 25.1. The number of ether oxygens (including phenoxy) is 1. The van der Waals surface area contributed by atoms with E-state index >= 15 is 0 Å². The number of likely N-dealkylation sites (N-methyl/N-ethyl adjacent to an activating group) is 1. The zero-order valence-corrected chi connectivity index (χ0v) is 25.9. The number of pyridine rings is 2. The fourth-order valence-electron chi connectivity index (χ4n) is 4.69. The number of sulfonamides is 1. The molecule has 0 aliphatic heterocycles. The molecular weight excluding hydrogens is 566 g/mol. The van der Waals surface area contributed by atoms with E-state index in [2.05, 4.69) is 28.0 Å². The molecule has 4 rings (SSSR count). The van der Waals surface area contributed by atoms with Crippen molar-refractivity contribution < 1.29 is 22.7 Å². The first-order valence-electron chi connectivity index (χ1n) is 13.6. The summed E-state index contributed by atoms with van der Waals surface area (Å²) in [5.41, 5.74) is 7.11. The number of nitrogens with one attached hydrogen (secondary N) is 2. The van der Waals surface area contributed by atoms with E-state index in [9.17, 15) is 18.0 Å². The van der Waals surface area contributed by atoms with Crippen molar-refractivity contribution in [3.05, 3.63) is 94.3 Å². The summed E-state index contributed by atoms with van der Waals surface area (Å²) >= 11 is 0. The summed E-state index contributed by atoms with van der Waals surface area (Å²) in [6, 6.07) is 14.9. The summed E-state index contributed by atoms with van der Waals surface area (Å²) in [6.45, 7) is 8.09. The molecule has 0 bridgehead atoms. The Kier molecular flexibility index (Phi) is 9.45. The van der Waals surface area contributed by atoms with Crippen LogP contribution in [0.25, 0.3) is 17.0 Å². The van der Waals surface area contributed by atoms with Crippen molar-refractivity contribution in [3.63, 3.8) is 0 Å². The Morgan fingerprint density at radius 2 is 1.79 bits per heavy atom. The number of carbonyl (C=O) groups excluding carboxylic acids is 2. The lowest BCUT2D eigenvalue weighted by Crippen LogP contribution is -2.38. The third kappa shape index (κ3) is 7.95. The van der Waals surface area contributed by atoms with E-state index in [1.54, 1.807) is 13.1 Å². The highest BCUT2D eigenvalue weighted by Crippen LogP contribution is 2.30. The SMILES string of the molecule is Cc1cc(C)c2cccc(OCc3c(C)ccc(N(C)C(=O)CNC(=O)C=Cc4ccc(NS(C)(=O)=O)nc4)c3C)c2n1. The van der Waals surface area contributed by atoms with Crippen LogP contribution in [0.2, 0.25) is 0 Å². The van der Waals surface area contributed by atoms with Gasteiger partial charge in [0.1, 0.15) is 23.7 Å². The van der Waals surface area contributed by atoms with Crippen LogP contribution in [0.15, 0.2) is 60.8 Å². The lowest BCUT2D eigenvalue weighted by molar-refractivity contribution is -0.122. The van der Waals surface area contributed by atoms with Crippen LogP contribution in [0.1, 0.15) is 33.5 Å². The molecule has 2 aromatic heterocycles. The maximum absolute atomic E-state index is 13.0. The molecule has 0 unspecified atom stereocenters. The van der Waals surface area contributed by atoms with Gasteiger partial charge in [0.15, 0.2) is 0 Å². The molecule has 2 heterocycles. The molecular formula is C32H35N5O5S. The monoisotopic (exact) mass is 601 g/mol. The molecule has 4 aromatic rings. The van der Waals surface area contributed by atoms with E-state index in [-0.39, 0.29) is 18.3 Å². The number of hydrogen-bond acceptors (Lipinski definition) is 7. The van der Waals surface area contributed by atoms with Crippen molar-refractivity contribution in [1.82, 2.24) is 15.3 Å². The average molecular weight is 602 g/mol. The third-order valence-electron chi connectivity index (χ3n) is 6.97. The molecule has 224 valence electrons. The van der Waals surface area contributed by atoms with Crippen LogP contribution in [0.4, 0.5) is 11.5 Å². The molecule has 0 saturated carbocycles. The molecule has 2 N–H and O–H groups in total. The second kappa shape index (κ2) is 13.0. The van der Waals surface area contributed by atoms with Gasteiger partial charge in [-0.2, -0.15) is 0 Å². The number of hydrogen-bond donors (Lipinski definition) is 2. The Hall–Kier alpha value is -4.77. The predicted molar refractivity (Wildman–Crippen MR) is 170 cm³/mol. The number of para-hydroxylation sites is 1. The molecule has 43 heavy (non-hydrogen) atoms. The topological polar surface area (TPSA) is 131 Å². The first kappa shape index (κ1) is 31.2. The lowest BCUT2D eigenvalue weighted by atomic mass is 10.0. The average Bonchev–Trinajstić information content (AvgIpc) is 2.94. The van der Waals surface area contributed by atoms with Crippen LogP contribution in [-0.2, 0) is 26.2 Å². The fraction of sp³-hybridized carbons (Fsp3) is 0.250. The molecule has 10 nitrogen and oxygen atoms in total. The lowest BCUT2D eigenvalue weighted by Gasteiger charge is -2.23. The number of rotatable bonds is 10. The Morgan fingerprint density at radius 3 is 2.49 bits per heavy atom. The summed E-state index contributed by atoms with van der Waals surface area (Å²) in [5.74, 6) is 0.132. The number of anilines is 2. The third-order valence-corrected chi connectivity index (χ3v) is 7.55. The van der Waals surface area contributed by atoms with Gasteiger partial charge in [0.05, 0.1) is 12.8 Å². The van der Waals surface area contributed by atoms with Gasteiger partial charge in [-0.05, 0) is 91.9 Å². The highest BCUT2D eigenvalue weighted by Gasteiger charge is 2.17. The number of carbonyl (C=O) groups is 2. The van der Waals surface area contributed by atoms with Crippen molar-refractivity contribution in [1.29, 1.82) is 0 Å². The van der Waals surface area contributed by atoms with Gasteiger partial charge in [-0.3, -0.25) is 14.3 Å². The highest BCUT2D eigenvalue weighted by atomic mass is 32.2. The maximum atomic E-state index is 13.0. The van der Waals surface area contributed by atoms with Gasteiger partial charge in [-0.25, -0.2) is 18.4 Å². The van der Waals surface area contributed by atoms with Crippen LogP contribution in [0.5, 0.6) is 5.75 Å². The second-order valence-electron chi connectivity index (χ2n) is 10.4. The van der Waals surface area contributed by atoms with Gasteiger partial charge in [-0.15, -0.1) is 0 Å². The predicted octanol–water partition coefficient (Wildman–Crippen LogP) is 4.61. The van der Waals surface area contributed by atoms with Crippen LogP contribution in [-0.4, -0.2) is 50.0 Å². The smallest absolute Gasteiger partial charge is 0.246 e. The first-order valence-corrected chi connectivity index (χ1v) is 15.5. The summed E-state index contributed by atoms with van der Waals surface area (Å²) in [4.78, 5) is 35.6. The largest absolute Gasteiger partial charge is 0.487 e. The number of nitrogens with zero attached hydrogens (tertiary/aromatic N) is 3. The van der Waals surface area contributed by atoms with Crippen molar-refractivity contribution >= 4 is 50.3 Å². The molecule has 0 spiro atoms. The number of benzene rings is 2. The van der Waals surface area contributed by atoms with Gasteiger partial charge in [0.25, 0.3) is 0 Å². The number of aryl methyl sites for hydroxylation is 3. The number of amides is 2. The van der Waals surface area contributed by atoms with Gasteiger partial charge in [-0.1, -0.05) is 18.2 Å². The van der Waals surface area contributed by atoms with Gasteiger partial charge in [0.2, 0.25) is 21.8 Å².